The van der Waals surface area contributed by atoms with E-state index in [1.807, 2.05) is 20.8 Å². The molecule has 0 heterocycles. The fourth-order valence-corrected chi connectivity index (χ4v) is 4.13. The lowest BCUT2D eigenvalue weighted by atomic mass is 10.1. The van der Waals surface area contributed by atoms with E-state index >= 15 is 0 Å². The summed E-state index contributed by atoms with van der Waals surface area (Å²) < 4.78 is 26.1. The standard InChI is InChI=1S/C24H32ClN3O4S/c1-6-18(3)26-24(30)19(4)27(15-20-9-11-21(25)12-10-20)23(29)16-28(33(5,31)32)22-13-7-17(2)8-14-22/h7-14,18-19H,6,15-16H2,1-5H3,(H,26,30). The van der Waals surface area contributed by atoms with Crippen LogP contribution in [-0.2, 0) is 26.2 Å². The van der Waals surface area contributed by atoms with E-state index in [0.717, 1.165) is 28.1 Å². The van der Waals surface area contributed by atoms with Crippen molar-refractivity contribution in [3.8, 4) is 0 Å². The van der Waals surface area contributed by atoms with Gasteiger partial charge in [0.2, 0.25) is 21.8 Å². The summed E-state index contributed by atoms with van der Waals surface area (Å²) in [6.45, 7) is 7.09. The monoisotopic (exact) mass is 493 g/mol. The van der Waals surface area contributed by atoms with Crippen molar-refractivity contribution in [2.75, 3.05) is 17.1 Å². The Morgan fingerprint density at radius 2 is 1.61 bits per heavy atom. The van der Waals surface area contributed by atoms with Gasteiger partial charge in [0.05, 0.1) is 11.9 Å². The van der Waals surface area contributed by atoms with Gasteiger partial charge in [0.15, 0.2) is 0 Å². The highest BCUT2D eigenvalue weighted by Crippen LogP contribution is 2.20. The number of anilines is 1. The molecule has 2 unspecified atom stereocenters. The number of carbonyl (C=O) groups excluding carboxylic acids is 2. The van der Waals surface area contributed by atoms with Crippen molar-refractivity contribution < 1.29 is 18.0 Å². The summed E-state index contributed by atoms with van der Waals surface area (Å²) in [5.74, 6) is -0.782. The van der Waals surface area contributed by atoms with Gasteiger partial charge in [-0.05, 0) is 57.0 Å². The summed E-state index contributed by atoms with van der Waals surface area (Å²) >= 11 is 5.98. The van der Waals surface area contributed by atoms with Crippen LogP contribution in [0, 0.1) is 6.92 Å². The van der Waals surface area contributed by atoms with Crippen LogP contribution in [0.4, 0.5) is 5.69 Å². The van der Waals surface area contributed by atoms with Gasteiger partial charge >= 0.3 is 0 Å². The molecule has 180 valence electrons. The average Bonchev–Trinajstić information content (AvgIpc) is 2.76. The zero-order valence-corrected chi connectivity index (χ0v) is 21.3. The number of hydrogen-bond acceptors (Lipinski definition) is 4. The molecule has 2 aromatic rings. The highest BCUT2D eigenvalue weighted by molar-refractivity contribution is 7.92. The fourth-order valence-electron chi connectivity index (χ4n) is 3.16. The van der Waals surface area contributed by atoms with Gasteiger partial charge in [0.25, 0.3) is 0 Å². The molecular formula is C24H32ClN3O4S. The topological polar surface area (TPSA) is 86.8 Å². The predicted octanol–water partition coefficient (Wildman–Crippen LogP) is 3.75. The third-order valence-corrected chi connectivity index (χ3v) is 6.83. The van der Waals surface area contributed by atoms with E-state index in [-0.39, 0.29) is 18.5 Å². The minimum Gasteiger partial charge on any atom is -0.352 e. The van der Waals surface area contributed by atoms with Crippen LogP contribution in [-0.4, -0.2) is 50.0 Å². The largest absolute Gasteiger partial charge is 0.352 e. The van der Waals surface area contributed by atoms with Crippen molar-refractivity contribution in [1.82, 2.24) is 10.2 Å². The van der Waals surface area contributed by atoms with E-state index < -0.39 is 28.5 Å². The number of hydrogen-bond donors (Lipinski definition) is 1. The molecule has 0 saturated carbocycles. The van der Waals surface area contributed by atoms with Crippen LogP contribution >= 0.6 is 11.6 Å². The molecule has 0 aliphatic rings. The maximum Gasteiger partial charge on any atom is 0.244 e. The van der Waals surface area contributed by atoms with Crippen LogP contribution in [0.5, 0.6) is 0 Å². The Morgan fingerprint density at radius 1 is 1.03 bits per heavy atom. The van der Waals surface area contributed by atoms with Crippen LogP contribution in [0.15, 0.2) is 48.5 Å². The smallest absolute Gasteiger partial charge is 0.244 e. The second-order valence-corrected chi connectivity index (χ2v) is 10.6. The molecule has 0 aliphatic heterocycles. The van der Waals surface area contributed by atoms with Crippen LogP contribution in [0.2, 0.25) is 5.02 Å². The van der Waals surface area contributed by atoms with E-state index in [1.165, 1.54) is 4.90 Å². The minimum absolute atomic E-state index is 0.0486. The molecule has 2 aromatic carbocycles. The van der Waals surface area contributed by atoms with Gasteiger partial charge in [-0.15, -0.1) is 0 Å². The first kappa shape index (κ1) is 26.7. The van der Waals surface area contributed by atoms with Crippen molar-refractivity contribution in [2.45, 2.75) is 52.7 Å². The Labute approximate surface area is 201 Å². The number of sulfonamides is 1. The second kappa shape index (κ2) is 11.5. The lowest BCUT2D eigenvalue weighted by molar-refractivity contribution is -0.139. The van der Waals surface area contributed by atoms with Gasteiger partial charge in [-0.25, -0.2) is 8.42 Å². The van der Waals surface area contributed by atoms with E-state index in [2.05, 4.69) is 5.32 Å². The SMILES string of the molecule is CCC(C)NC(=O)C(C)N(Cc1ccc(Cl)cc1)C(=O)CN(c1ccc(C)cc1)S(C)(=O)=O. The molecule has 2 rings (SSSR count). The maximum absolute atomic E-state index is 13.4. The fraction of sp³-hybridized carbons (Fsp3) is 0.417. The molecule has 9 heteroatoms. The molecule has 7 nitrogen and oxygen atoms in total. The Bertz CT molecular complexity index is 1060. The van der Waals surface area contributed by atoms with E-state index in [9.17, 15) is 18.0 Å². The number of carbonyl (C=O) groups is 2. The van der Waals surface area contributed by atoms with Crippen LogP contribution < -0.4 is 9.62 Å². The molecule has 0 fully saturated rings. The van der Waals surface area contributed by atoms with E-state index in [4.69, 9.17) is 11.6 Å². The molecular weight excluding hydrogens is 462 g/mol. The Hall–Kier alpha value is -2.58. The van der Waals surface area contributed by atoms with Crippen molar-refractivity contribution in [3.63, 3.8) is 0 Å². The zero-order valence-electron chi connectivity index (χ0n) is 19.7. The molecule has 1 N–H and O–H groups in total. The quantitative estimate of drug-likeness (QED) is 0.546. The number of benzene rings is 2. The molecule has 0 aromatic heterocycles. The second-order valence-electron chi connectivity index (χ2n) is 8.25. The Kier molecular flexibility index (Phi) is 9.31. The number of aryl methyl sites for hydroxylation is 1. The van der Waals surface area contributed by atoms with Gasteiger partial charge in [-0.1, -0.05) is 48.4 Å². The highest BCUT2D eigenvalue weighted by atomic mass is 35.5. The lowest BCUT2D eigenvalue weighted by Gasteiger charge is -2.32. The average molecular weight is 494 g/mol. The number of amides is 2. The molecule has 2 amide bonds. The number of halogens is 1. The minimum atomic E-state index is -3.74. The first-order valence-electron chi connectivity index (χ1n) is 10.8. The number of rotatable bonds is 10. The van der Waals surface area contributed by atoms with E-state index in [1.54, 1.807) is 55.5 Å². The van der Waals surface area contributed by atoms with E-state index in [0.29, 0.717) is 10.7 Å². The molecule has 0 aliphatic carbocycles. The summed E-state index contributed by atoms with van der Waals surface area (Å²) in [7, 11) is -3.74. The summed E-state index contributed by atoms with van der Waals surface area (Å²) in [5, 5.41) is 3.45. The van der Waals surface area contributed by atoms with Gasteiger partial charge in [0.1, 0.15) is 12.6 Å². The number of nitrogens with one attached hydrogen (secondary N) is 1. The van der Waals surface area contributed by atoms with Gasteiger partial charge in [-0.2, -0.15) is 0 Å². The predicted molar refractivity (Wildman–Crippen MR) is 133 cm³/mol. The summed E-state index contributed by atoms with van der Waals surface area (Å²) in [5.41, 5.74) is 2.13. The Balaban J connectivity index is 2.36. The van der Waals surface area contributed by atoms with Crippen molar-refractivity contribution in [3.05, 3.63) is 64.7 Å². The molecule has 0 radical (unpaired) electrons. The third kappa shape index (κ3) is 7.75. The van der Waals surface area contributed by atoms with Crippen molar-refractivity contribution >= 4 is 39.1 Å². The van der Waals surface area contributed by atoms with Crippen LogP contribution in [0.1, 0.15) is 38.3 Å². The summed E-state index contributed by atoms with van der Waals surface area (Å²) in [4.78, 5) is 27.7. The van der Waals surface area contributed by atoms with Crippen molar-refractivity contribution in [2.24, 2.45) is 0 Å². The molecule has 0 bridgehead atoms. The first-order valence-corrected chi connectivity index (χ1v) is 13.0. The number of nitrogens with zero attached hydrogens (tertiary/aromatic N) is 2. The first-order chi connectivity index (χ1) is 15.4. The zero-order chi connectivity index (χ0) is 24.8. The van der Waals surface area contributed by atoms with Crippen LogP contribution in [0.25, 0.3) is 0 Å². The van der Waals surface area contributed by atoms with Gasteiger partial charge in [-0.3, -0.25) is 13.9 Å². The molecule has 0 saturated heterocycles. The van der Waals surface area contributed by atoms with Crippen molar-refractivity contribution in [1.29, 1.82) is 0 Å². The van der Waals surface area contributed by atoms with Crippen LogP contribution in [0.3, 0.4) is 0 Å². The molecule has 2 atom stereocenters. The normalized spacial score (nSPS) is 13.2. The molecule has 0 spiro atoms. The Morgan fingerprint density at radius 3 is 2.12 bits per heavy atom. The summed E-state index contributed by atoms with van der Waals surface area (Å²) in [6, 6.07) is 13.0. The summed E-state index contributed by atoms with van der Waals surface area (Å²) in [6.07, 6.45) is 1.81. The van der Waals surface area contributed by atoms with Gasteiger partial charge in [0, 0.05) is 17.6 Å². The maximum atomic E-state index is 13.4. The van der Waals surface area contributed by atoms with Gasteiger partial charge < -0.3 is 10.2 Å². The highest BCUT2D eigenvalue weighted by Gasteiger charge is 2.30. The lowest BCUT2D eigenvalue weighted by Crippen LogP contribution is -2.52. The third-order valence-electron chi connectivity index (χ3n) is 5.44. The molecule has 33 heavy (non-hydrogen) atoms.